The minimum absolute atomic E-state index is 0.105. The van der Waals surface area contributed by atoms with E-state index in [1.165, 1.54) is 6.20 Å². The first-order chi connectivity index (χ1) is 14.6. The molecule has 1 saturated heterocycles. The van der Waals surface area contributed by atoms with Gasteiger partial charge in [0.05, 0.1) is 35.5 Å². The summed E-state index contributed by atoms with van der Waals surface area (Å²) in [6.45, 7) is 4.29. The lowest BCUT2D eigenvalue weighted by Crippen LogP contribution is -2.42. The van der Waals surface area contributed by atoms with Crippen molar-refractivity contribution in [2.24, 2.45) is 0 Å². The number of nitrogens with one attached hydrogen (secondary N) is 1. The van der Waals surface area contributed by atoms with Gasteiger partial charge in [-0.05, 0) is 45.0 Å². The number of aromatic nitrogens is 3. The van der Waals surface area contributed by atoms with Gasteiger partial charge in [-0.1, -0.05) is 0 Å². The number of H-pyrrole nitrogens is 1. The Morgan fingerprint density at radius 1 is 1.32 bits per heavy atom. The molecular formula is C22H24F2N4O3. The maximum Gasteiger partial charge on any atom is 0.410 e. The van der Waals surface area contributed by atoms with Crippen LogP contribution in [-0.2, 0) is 4.74 Å². The van der Waals surface area contributed by atoms with Gasteiger partial charge >= 0.3 is 6.09 Å². The summed E-state index contributed by atoms with van der Waals surface area (Å²) in [7, 11) is 0. The standard InChI is InChI=1S/C22H24F2N4O3/c1-21(2,3)31-20(29)28-13-22(23,24)10-14(28)12-30-19-11-25-8-6-15(19)17-9-18-16(27-17)5-4-7-26-18/h4-9,11,14,27H,10,12-13H2,1-3H3/t14-/m0/s1. The van der Waals surface area contributed by atoms with Gasteiger partial charge in [-0.25, -0.2) is 13.6 Å². The van der Waals surface area contributed by atoms with Gasteiger partial charge in [0, 0.05) is 24.4 Å². The zero-order valence-electron chi connectivity index (χ0n) is 17.6. The van der Waals surface area contributed by atoms with Gasteiger partial charge < -0.3 is 14.5 Å². The largest absolute Gasteiger partial charge is 0.489 e. The van der Waals surface area contributed by atoms with Crippen molar-refractivity contribution in [3.8, 4) is 17.0 Å². The first-order valence-electron chi connectivity index (χ1n) is 10.00. The quantitative estimate of drug-likeness (QED) is 0.652. The number of fused-ring (bicyclic) bond motifs is 1. The molecular weight excluding hydrogens is 406 g/mol. The van der Waals surface area contributed by atoms with Crippen molar-refractivity contribution in [3.05, 3.63) is 42.9 Å². The van der Waals surface area contributed by atoms with Gasteiger partial charge in [0.15, 0.2) is 0 Å². The molecule has 1 atom stereocenters. The highest BCUT2D eigenvalue weighted by molar-refractivity contribution is 5.83. The van der Waals surface area contributed by atoms with E-state index in [2.05, 4.69) is 15.0 Å². The van der Waals surface area contributed by atoms with Crippen LogP contribution < -0.4 is 4.74 Å². The summed E-state index contributed by atoms with van der Waals surface area (Å²) in [4.78, 5) is 25.2. The lowest BCUT2D eigenvalue weighted by atomic mass is 10.1. The molecule has 1 amide bonds. The van der Waals surface area contributed by atoms with Crippen LogP contribution >= 0.6 is 0 Å². The molecule has 7 nitrogen and oxygen atoms in total. The van der Waals surface area contributed by atoms with E-state index in [1.807, 2.05) is 18.2 Å². The van der Waals surface area contributed by atoms with Gasteiger partial charge in [-0.3, -0.25) is 14.9 Å². The van der Waals surface area contributed by atoms with Crippen molar-refractivity contribution >= 4 is 17.1 Å². The van der Waals surface area contributed by atoms with Crippen LogP contribution in [-0.4, -0.2) is 56.7 Å². The zero-order chi connectivity index (χ0) is 22.2. The molecule has 4 rings (SSSR count). The first kappa shape index (κ1) is 21.0. The molecule has 31 heavy (non-hydrogen) atoms. The van der Waals surface area contributed by atoms with Gasteiger partial charge in [0.25, 0.3) is 5.92 Å². The molecule has 0 saturated carbocycles. The fraction of sp³-hybridized carbons (Fsp3) is 0.409. The number of amides is 1. The number of alkyl halides is 2. The summed E-state index contributed by atoms with van der Waals surface area (Å²) in [5, 5.41) is 0. The highest BCUT2D eigenvalue weighted by atomic mass is 19.3. The Labute approximate surface area is 178 Å². The number of ether oxygens (including phenoxy) is 2. The van der Waals surface area contributed by atoms with Crippen LogP contribution in [0.3, 0.4) is 0 Å². The first-order valence-corrected chi connectivity index (χ1v) is 10.00. The fourth-order valence-corrected chi connectivity index (χ4v) is 3.59. The third-order valence-electron chi connectivity index (χ3n) is 4.90. The Morgan fingerprint density at radius 2 is 2.13 bits per heavy atom. The number of carbonyl (C=O) groups excluding carboxylic acids is 1. The van der Waals surface area contributed by atoms with Gasteiger partial charge in [0.2, 0.25) is 0 Å². The van der Waals surface area contributed by atoms with Gasteiger partial charge in [-0.2, -0.15) is 0 Å². The third-order valence-corrected chi connectivity index (χ3v) is 4.90. The Kier molecular flexibility index (Phi) is 5.28. The summed E-state index contributed by atoms with van der Waals surface area (Å²) < 4.78 is 39.4. The fourth-order valence-electron chi connectivity index (χ4n) is 3.59. The molecule has 1 aliphatic heterocycles. The second-order valence-corrected chi connectivity index (χ2v) is 8.62. The number of carbonyl (C=O) groups is 1. The average molecular weight is 430 g/mol. The molecule has 0 unspecified atom stereocenters. The van der Waals surface area contributed by atoms with E-state index in [4.69, 9.17) is 9.47 Å². The van der Waals surface area contributed by atoms with E-state index in [-0.39, 0.29) is 6.61 Å². The third kappa shape index (κ3) is 4.76. The Bertz CT molecular complexity index is 1060. The Balaban J connectivity index is 1.54. The van der Waals surface area contributed by atoms with E-state index in [0.29, 0.717) is 5.75 Å². The smallest absolute Gasteiger partial charge is 0.410 e. The predicted molar refractivity (Wildman–Crippen MR) is 111 cm³/mol. The normalized spacial score (nSPS) is 18.4. The van der Waals surface area contributed by atoms with Crippen LogP contribution in [0.25, 0.3) is 22.3 Å². The van der Waals surface area contributed by atoms with E-state index < -0.39 is 36.6 Å². The van der Waals surface area contributed by atoms with Crippen LogP contribution in [0.2, 0.25) is 0 Å². The summed E-state index contributed by atoms with van der Waals surface area (Å²) in [5.74, 6) is -2.57. The second-order valence-electron chi connectivity index (χ2n) is 8.62. The summed E-state index contributed by atoms with van der Waals surface area (Å²) in [5.41, 5.74) is 2.38. The number of pyridine rings is 2. The Hall–Kier alpha value is -3.23. The van der Waals surface area contributed by atoms with Crippen molar-refractivity contribution in [2.75, 3.05) is 13.2 Å². The van der Waals surface area contributed by atoms with E-state index >= 15 is 0 Å². The van der Waals surface area contributed by atoms with E-state index in [1.54, 1.807) is 39.2 Å². The molecule has 9 heteroatoms. The molecule has 1 aliphatic rings. The molecule has 0 aliphatic carbocycles. The van der Waals surface area contributed by atoms with Crippen LogP contribution in [0.4, 0.5) is 13.6 Å². The molecule has 0 spiro atoms. The van der Waals surface area contributed by atoms with Crippen molar-refractivity contribution in [3.63, 3.8) is 0 Å². The molecule has 1 fully saturated rings. The number of hydrogen-bond acceptors (Lipinski definition) is 5. The van der Waals surface area contributed by atoms with Gasteiger partial charge in [-0.15, -0.1) is 0 Å². The number of aromatic amines is 1. The van der Waals surface area contributed by atoms with Gasteiger partial charge in [0.1, 0.15) is 18.0 Å². The highest BCUT2D eigenvalue weighted by Gasteiger charge is 2.48. The van der Waals surface area contributed by atoms with Crippen LogP contribution in [0.15, 0.2) is 42.9 Å². The van der Waals surface area contributed by atoms with Crippen molar-refractivity contribution in [2.45, 2.75) is 44.8 Å². The molecule has 3 aromatic rings. The Morgan fingerprint density at radius 3 is 2.87 bits per heavy atom. The summed E-state index contributed by atoms with van der Waals surface area (Å²) >= 11 is 0. The molecule has 0 aromatic carbocycles. The molecule has 164 valence electrons. The molecule has 3 aromatic heterocycles. The zero-order valence-corrected chi connectivity index (χ0v) is 17.6. The van der Waals surface area contributed by atoms with Crippen LogP contribution in [0.5, 0.6) is 5.75 Å². The molecule has 0 bridgehead atoms. The SMILES string of the molecule is CC(C)(C)OC(=O)N1CC(F)(F)C[C@H]1COc1cnccc1-c1cc2ncccc2[nH]1. The number of halogens is 2. The number of hydrogen-bond donors (Lipinski definition) is 1. The maximum atomic E-state index is 14.1. The highest BCUT2D eigenvalue weighted by Crippen LogP contribution is 2.35. The lowest BCUT2D eigenvalue weighted by Gasteiger charge is -2.28. The van der Waals surface area contributed by atoms with Crippen molar-refractivity contribution < 1.29 is 23.0 Å². The van der Waals surface area contributed by atoms with Crippen molar-refractivity contribution in [1.29, 1.82) is 0 Å². The van der Waals surface area contributed by atoms with Crippen LogP contribution in [0.1, 0.15) is 27.2 Å². The number of rotatable bonds is 4. The predicted octanol–water partition coefficient (Wildman–Crippen LogP) is 4.65. The minimum Gasteiger partial charge on any atom is -0.489 e. The van der Waals surface area contributed by atoms with E-state index in [0.717, 1.165) is 27.2 Å². The van der Waals surface area contributed by atoms with Crippen molar-refractivity contribution in [1.82, 2.24) is 19.9 Å². The number of nitrogens with zero attached hydrogens (tertiary/aromatic N) is 3. The maximum absolute atomic E-state index is 14.1. The molecule has 0 radical (unpaired) electrons. The monoisotopic (exact) mass is 430 g/mol. The number of likely N-dealkylation sites (tertiary alicyclic amines) is 1. The lowest BCUT2D eigenvalue weighted by molar-refractivity contribution is -0.00274. The molecule has 1 N–H and O–H groups in total. The second kappa shape index (κ2) is 7.79. The minimum atomic E-state index is -2.99. The molecule has 4 heterocycles. The van der Waals surface area contributed by atoms with E-state index in [9.17, 15) is 13.6 Å². The summed E-state index contributed by atoms with van der Waals surface area (Å²) in [6.07, 6.45) is 3.59. The summed E-state index contributed by atoms with van der Waals surface area (Å²) in [6, 6.07) is 6.58. The topological polar surface area (TPSA) is 80.3 Å². The average Bonchev–Trinajstić information content (AvgIpc) is 3.25. The van der Waals surface area contributed by atoms with Crippen LogP contribution in [0, 0.1) is 0 Å².